The Kier molecular flexibility index (Phi) is 4.56. The quantitative estimate of drug-likeness (QED) is 0.474. The third kappa shape index (κ3) is 2.83. The monoisotopic (exact) mass is 416 g/mol. The van der Waals surface area contributed by atoms with E-state index in [0.29, 0.717) is 38.0 Å². The fourth-order valence-electron chi connectivity index (χ4n) is 3.08. The highest BCUT2D eigenvalue weighted by molar-refractivity contribution is 6.35. The Morgan fingerprint density at radius 3 is 2.75 bits per heavy atom. The van der Waals surface area contributed by atoms with Gasteiger partial charge in [-0.25, -0.2) is 14.3 Å². The van der Waals surface area contributed by atoms with Crippen LogP contribution in [0.3, 0.4) is 0 Å². The van der Waals surface area contributed by atoms with Crippen LogP contribution >= 0.6 is 23.2 Å². The molecule has 0 saturated carbocycles. The molecule has 0 N–H and O–H groups in total. The summed E-state index contributed by atoms with van der Waals surface area (Å²) in [6, 6.07) is 6.61. The number of benzene rings is 1. The van der Waals surface area contributed by atoms with Gasteiger partial charge < -0.3 is 4.74 Å². The van der Waals surface area contributed by atoms with Crippen LogP contribution in [0.15, 0.2) is 41.5 Å². The van der Waals surface area contributed by atoms with E-state index in [1.165, 1.54) is 15.3 Å². The first-order chi connectivity index (χ1) is 13.4. The molecule has 0 saturated heterocycles. The highest BCUT2D eigenvalue weighted by Gasteiger charge is 2.21. The molecule has 28 heavy (non-hydrogen) atoms. The molecule has 0 aliphatic rings. The average molecular weight is 417 g/mol. The molecule has 9 heteroatoms. The molecule has 0 radical (unpaired) electrons. The smallest absolute Gasteiger partial charge is 0.343 e. The second-order valence-electron chi connectivity index (χ2n) is 6.06. The number of carbonyl (C=O) groups excluding carboxylic acids is 1. The maximum Gasteiger partial charge on any atom is 0.343 e. The number of carbonyl (C=O) groups is 1. The number of hydrogen-bond donors (Lipinski definition) is 0. The number of esters is 1. The van der Waals surface area contributed by atoms with Gasteiger partial charge in [0.15, 0.2) is 5.65 Å². The van der Waals surface area contributed by atoms with Crippen molar-refractivity contribution >= 4 is 45.7 Å². The van der Waals surface area contributed by atoms with Crippen LogP contribution in [0.5, 0.6) is 0 Å². The summed E-state index contributed by atoms with van der Waals surface area (Å²) in [5.41, 5.74) is 1.81. The number of nitrogens with zero attached hydrogens (tertiary/aromatic N) is 4. The summed E-state index contributed by atoms with van der Waals surface area (Å²) in [5.74, 6) is -0.497. The normalized spacial score (nSPS) is 11.3. The zero-order chi connectivity index (χ0) is 20.0. The van der Waals surface area contributed by atoms with Crippen molar-refractivity contribution in [1.29, 1.82) is 0 Å². The van der Waals surface area contributed by atoms with Gasteiger partial charge in [0.2, 0.25) is 0 Å². The summed E-state index contributed by atoms with van der Waals surface area (Å²) in [6.45, 7) is 3.67. The van der Waals surface area contributed by atoms with E-state index >= 15 is 0 Å². The van der Waals surface area contributed by atoms with Gasteiger partial charge >= 0.3 is 5.97 Å². The van der Waals surface area contributed by atoms with Gasteiger partial charge in [-0.05, 0) is 38.1 Å². The number of pyridine rings is 1. The molecular weight excluding hydrogens is 403 g/mol. The van der Waals surface area contributed by atoms with Crippen molar-refractivity contribution in [2.24, 2.45) is 0 Å². The molecule has 142 valence electrons. The second kappa shape index (κ2) is 6.92. The molecule has 1 aromatic carbocycles. The van der Waals surface area contributed by atoms with Gasteiger partial charge in [0, 0.05) is 17.4 Å². The van der Waals surface area contributed by atoms with E-state index in [1.54, 1.807) is 44.3 Å². The fraction of sp³-hybridized carbons (Fsp3) is 0.158. The Balaban J connectivity index is 1.97. The van der Waals surface area contributed by atoms with E-state index in [0.717, 1.165) is 0 Å². The summed E-state index contributed by atoms with van der Waals surface area (Å²) >= 11 is 12.2. The summed E-state index contributed by atoms with van der Waals surface area (Å²) in [6.07, 6.45) is 3.03. The average Bonchev–Trinajstić information content (AvgIpc) is 2.99. The van der Waals surface area contributed by atoms with Crippen LogP contribution in [0.2, 0.25) is 10.0 Å². The van der Waals surface area contributed by atoms with Crippen molar-refractivity contribution in [3.8, 4) is 5.69 Å². The summed E-state index contributed by atoms with van der Waals surface area (Å²) < 4.78 is 7.98. The van der Waals surface area contributed by atoms with Crippen LogP contribution in [0.4, 0.5) is 0 Å². The molecule has 0 bridgehead atoms. The molecule has 0 atom stereocenters. The van der Waals surface area contributed by atoms with Gasteiger partial charge in [-0.15, -0.1) is 0 Å². The van der Waals surface area contributed by atoms with E-state index in [9.17, 15) is 9.59 Å². The lowest BCUT2D eigenvalue weighted by Gasteiger charge is -2.10. The first-order valence-electron chi connectivity index (χ1n) is 8.44. The minimum atomic E-state index is -0.497. The summed E-state index contributed by atoms with van der Waals surface area (Å²) in [5, 5.41) is 5.54. The Morgan fingerprint density at radius 1 is 1.25 bits per heavy atom. The Morgan fingerprint density at radius 2 is 2.04 bits per heavy atom. The molecule has 0 unspecified atom stereocenters. The topological polar surface area (TPSA) is 78.5 Å². The van der Waals surface area contributed by atoms with Gasteiger partial charge in [0.05, 0.1) is 33.9 Å². The van der Waals surface area contributed by atoms with Crippen molar-refractivity contribution < 1.29 is 9.53 Å². The van der Waals surface area contributed by atoms with Gasteiger partial charge in [-0.2, -0.15) is 5.10 Å². The van der Waals surface area contributed by atoms with Crippen molar-refractivity contribution in [2.45, 2.75) is 13.8 Å². The molecule has 3 heterocycles. The predicted molar refractivity (Wildman–Crippen MR) is 107 cm³/mol. The highest BCUT2D eigenvalue weighted by atomic mass is 35.5. The van der Waals surface area contributed by atoms with Crippen molar-refractivity contribution in [2.75, 3.05) is 6.61 Å². The van der Waals surface area contributed by atoms with E-state index in [2.05, 4.69) is 10.1 Å². The molecule has 0 aliphatic heterocycles. The van der Waals surface area contributed by atoms with Crippen molar-refractivity contribution in [3.05, 3.63) is 68.3 Å². The standard InChI is InChI=1S/C19H14Cl2N4O3/c1-3-28-19(27)16-10(2)23-25-14-6-7-24(15-5-4-11(20)8-13(15)21)18(26)12(14)9-22-17(16)25/h4-9H,3H2,1-2H3. The van der Waals surface area contributed by atoms with E-state index in [-0.39, 0.29) is 17.7 Å². The molecular formula is C19H14Cl2N4O3. The number of fused-ring (bicyclic) bond motifs is 3. The van der Waals surface area contributed by atoms with Crippen molar-refractivity contribution in [3.63, 3.8) is 0 Å². The number of rotatable bonds is 3. The first-order valence-corrected chi connectivity index (χ1v) is 9.20. The van der Waals surface area contributed by atoms with E-state index < -0.39 is 5.97 Å². The number of aryl methyl sites for hydroxylation is 1. The molecule has 0 amide bonds. The lowest BCUT2D eigenvalue weighted by atomic mass is 10.2. The minimum Gasteiger partial charge on any atom is -0.462 e. The van der Waals surface area contributed by atoms with Crippen LogP contribution in [-0.2, 0) is 4.74 Å². The highest BCUT2D eigenvalue weighted by Crippen LogP contribution is 2.25. The largest absolute Gasteiger partial charge is 0.462 e. The summed E-state index contributed by atoms with van der Waals surface area (Å²) in [4.78, 5) is 29.6. The van der Waals surface area contributed by atoms with Crippen LogP contribution in [0.1, 0.15) is 23.0 Å². The lowest BCUT2D eigenvalue weighted by molar-refractivity contribution is 0.0527. The van der Waals surface area contributed by atoms with Crippen LogP contribution < -0.4 is 5.56 Å². The zero-order valence-electron chi connectivity index (χ0n) is 14.9. The first kappa shape index (κ1) is 18.5. The number of hydrogen-bond acceptors (Lipinski definition) is 5. The number of aromatic nitrogens is 4. The molecule has 7 nitrogen and oxygen atoms in total. The van der Waals surface area contributed by atoms with Gasteiger partial charge in [-0.3, -0.25) is 9.36 Å². The molecule has 0 fully saturated rings. The Bertz CT molecular complexity index is 1310. The minimum absolute atomic E-state index is 0.246. The van der Waals surface area contributed by atoms with Gasteiger partial charge in [0.25, 0.3) is 5.56 Å². The number of halogens is 2. The molecule has 0 aliphatic carbocycles. The number of ether oxygens (including phenoxy) is 1. The van der Waals surface area contributed by atoms with Gasteiger partial charge in [0.1, 0.15) is 5.56 Å². The Hall–Kier alpha value is -2.90. The van der Waals surface area contributed by atoms with Crippen LogP contribution in [-0.4, -0.2) is 31.7 Å². The van der Waals surface area contributed by atoms with E-state index in [1.807, 2.05) is 0 Å². The molecule has 0 spiro atoms. The SMILES string of the molecule is CCOC(=O)c1c(C)nn2c1ncc1c(=O)n(-c3ccc(Cl)cc3Cl)ccc12. The summed E-state index contributed by atoms with van der Waals surface area (Å²) in [7, 11) is 0. The van der Waals surface area contributed by atoms with Gasteiger partial charge in [-0.1, -0.05) is 23.2 Å². The zero-order valence-corrected chi connectivity index (χ0v) is 16.5. The van der Waals surface area contributed by atoms with E-state index in [4.69, 9.17) is 27.9 Å². The van der Waals surface area contributed by atoms with Crippen LogP contribution in [0.25, 0.3) is 22.2 Å². The predicted octanol–water partition coefficient (Wildman–Crippen LogP) is 3.83. The third-order valence-corrected chi connectivity index (χ3v) is 4.87. The van der Waals surface area contributed by atoms with Crippen LogP contribution in [0, 0.1) is 6.92 Å². The maximum absolute atomic E-state index is 13.0. The molecule has 4 rings (SSSR count). The fourth-order valence-corrected chi connectivity index (χ4v) is 3.58. The Labute approximate surface area is 169 Å². The van der Waals surface area contributed by atoms with Crippen molar-refractivity contribution in [1.82, 2.24) is 19.2 Å². The maximum atomic E-state index is 13.0. The molecule has 4 aromatic rings. The molecule has 3 aromatic heterocycles. The third-order valence-electron chi connectivity index (χ3n) is 4.34. The lowest BCUT2D eigenvalue weighted by Crippen LogP contribution is -2.19. The second-order valence-corrected chi connectivity index (χ2v) is 6.90.